The quantitative estimate of drug-likeness (QED) is 0.724. The number of carbonyl (C=O) groups is 1. The maximum absolute atomic E-state index is 11.9. The summed E-state index contributed by atoms with van der Waals surface area (Å²) in [5.41, 5.74) is 7.18. The number of hydrogen-bond acceptors (Lipinski definition) is 3. The van der Waals surface area contributed by atoms with Crippen molar-refractivity contribution in [2.75, 3.05) is 5.73 Å². The van der Waals surface area contributed by atoms with Crippen LogP contribution < -0.4 is 5.73 Å². The first-order chi connectivity index (χ1) is 7.18. The number of nitrogens with two attached hydrogens (primary N) is 1. The molecule has 0 spiro atoms. The average molecular weight is 201 g/mol. The van der Waals surface area contributed by atoms with E-state index in [9.17, 15) is 4.79 Å². The van der Waals surface area contributed by atoms with Crippen LogP contribution in [0.25, 0.3) is 0 Å². The number of H-pyrrole nitrogens is 1. The van der Waals surface area contributed by atoms with Crippen LogP contribution in [0, 0.1) is 6.92 Å². The summed E-state index contributed by atoms with van der Waals surface area (Å²) in [6.07, 6.45) is 0. The summed E-state index contributed by atoms with van der Waals surface area (Å²) in [6.45, 7) is 1.78. The zero-order chi connectivity index (χ0) is 10.8. The highest BCUT2D eigenvalue weighted by molar-refractivity contribution is 6.08. The van der Waals surface area contributed by atoms with Crippen LogP contribution >= 0.6 is 0 Å². The Kier molecular flexibility index (Phi) is 2.25. The molecule has 0 atom stereocenters. The van der Waals surface area contributed by atoms with E-state index in [0.717, 1.165) is 0 Å². The predicted octanol–water partition coefficient (Wildman–Crippen LogP) is 1.53. The van der Waals surface area contributed by atoms with Crippen molar-refractivity contribution in [3.05, 3.63) is 47.3 Å². The molecule has 4 heteroatoms. The SMILES string of the molecule is Cc1[nH]c(N)nc1C(=O)c1ccccc1. The zero-order valence-electron chi connectivity index (χ0n) is 8.32. The van der Waals surface area contributed by atoms with Gasteiger partial charge in [0.2, 0.25) is 5.78 Å². The molecule has 1 heterocycles. The molecule has 0 aliphatic carbocycles. The number of aromatic amines is 1. The summed E-state index contributed by atoms with van der Waals surface area (Å²) in [4.78, 5) is 18.7. The molecule has 15 heavy (non-hydrogen) atoms. The Balaban J connectivity index is 2.41. The molecule has 0 aliphatic rings. The summed E-state index contributed by atoms with van der Waals surface area (Å²) in [5.74, 6) is 0.160. The smallest absolute Gasteiger partial charge is 0.213 e. The standard InChI is InChI=1S/C11H11N3O/c1-7-9(14-11(12)13-7)10(15)8-5-3-2-4-6-8/h2-6H,1H3,(H3,12,13,14). The first kappa shape index (κ1) is 9.45. The number of nitrogen functional groups attached to an aromatic ring is 1. The lowest BCUT2D eigenvalue weighted by Gasteiger charge is -1.97. The first-order valence-electron chi connectivity index (χ1n) is 4.60. The van der Waals surface area contributed by atoms with Gasteiger partial charge in [-0.3, -0.25) is 4.79 Å². The van der Waals surface area contributed by atoms with Gasteiger partial charge in [0, 0.05) is 11.3 Å². The van der Waals surface area contributed by atoms with E-state index in [4.69, 9.17) is 5.73 Å². The van der Waals surface area contributed by atoms with Gasteiger partial charge in [-0.1, -0.05) is 30.3 Å². The van der Waals surface area contributed by atoms with E-state index in [1.54, 1.807) is 19.1 Å². The number of anilines is 1. The van der Waals surface area contributed by atoms with E-state index < -0.39 is 0 Å². The Labute approximate surface area is 87.1 Å². The maximum Gasteiger partial charge on any atom is 0.213 e. The van der Waals surface area contributed by atoms with Crippen LogP contribution in [0.5, 0.6) is 0 Å². The number of carbonyl (C=O) groups excluding carboxylic acids is 1. The van der Waals surface area contributed by atoms with Crippen molar-refractivity contribution in [3.63, 3.8) is 0 Å². The molecule has 1 aromatic heterocycles. The molecule has 0 saturated carbocycles. The Hall–Kier alpha value is -2.10. The summed E-state index contributed by atoms with van der Waals surface area (Å²) < 4.78 is 0. The largest absolute Gasteiger partial charge is 0.369 e. The molecule has 0 aliphatic heterocycles. The number of ketones is 1. The van der Waals surface area contributed by atoms with Crippen molar-refractivity contribution >= 4 is 11.7 Å². The Bertz CT molecular complexity index is 488. The molecule has 3 N–H and O–H groups in total. The normalized spacial score (nSPS) is 10.2. The summed E-state index contributed by atoms with van der Waals surface area (Å²) in [5, 5.41) is 0. The van der Waals surface area contributed by atoms with Gasteiger partial charge < -0.3 is 10.7 Å². The predicted molar refractivity (Wildman–Crippen MR) is 57.6 cm³/mol. The van der Waals surface area contributed by atoms with Gasteiger partial charge in [-0.05, 0) is 6.92 Å². The van der Waals surface area contributed by atoms with Crippen LogP contribution in [0.2, 0.25) is 0 Å². The molecule has 0 unspecified atom stereocenters. The second-order valence-electron chi connectivity index (χ2n) is 3.29. The van der Waals surface area contributed by atoms with Gasteiger partial charge in [-0.2, -0.15) is 0 Å². The number of aryl methyl sites for hydroxylation is 1. The molecule has 0 bridgehead atoms. The van der Waals surface area contributed by atoms with Crippen LogP contribution in [0.15, 0.2) is 30.3 Å². The molecule has 0 saturated heterocycles. The minimum atomic E-state index is -0.110. The number of hydrogen-bond donors (Lipinski definition) is 2. The Morgan fingerprint density at radius 3 is 2.53 bits per heavy atom. The topological polar surface area (TPSA) is 71.8 Å². The fourth-order valence-electron chi connectivity index (χ4n) is 1.43. The highest BCUT2D eigenvalue weighted by atomic mass is 16.1. The van der Waals surface area contributed by atoms with Crippen LogP contribution in [0.3, 0.4) is 0 Å². The van der Waals surface area contributed by atoms with Gasteiger partial charge in [0.05, 0.1) is 0 Å². The number of imidazole rings is 1. The van der Waals surface area contributed by atoms with Gasteiger partial charge in [-0.25, -0.2) is 4.98 Å². The van der Waals surface area contributed by atoms with Crippen LogP contribution in [-0.4, -0.2) is 15.8 Å². The van der Waals surface area contributed by atoms with E-state index in [-0.39, 0.29) is 11.7 Å². The third-order valence-corrected chi connectivity index (χ3v) is 2.15. The second kappa shape index (κ2) is 3.57. The maximum atomic E-state index is 11.9. The Morgan fingerprint density at radius 2 is 2.00 bits per heavy atom. The van der Waals surface area contributed by atoms with Crippen molar-refractivity contribution in [1.82, 2.24) is 9.97 Å². The van der Waals surface area contributed by atoms with Crippen LogP contribution in [0.1, 0.15) is 21.7 Å². The monoisotopic (exact) mass is 201 g/mol. The fraction of sp³-hybridized carbons (Fsp3) is 0.0909. The molecule has 0 fully saturated rings. The Morgan fingerprint density at radius 1 is 1.33 bits per heavy atom. The van der Waals surface area contributed by atoms with Gasteiger partial charge in [0.1, 0.15) is 5.69 Å². The number of benzene rings is 1. The van der Waals surface area contributed by atoms with Crippen LogP contribution in [-0.2, 0) is 0 Å². The molecule has 76 valence electrons. The van der Waals surface area contributed by atoms with Gasteiger partial charge in [0.25, 0.3) is 0 Å². The molecule has 1 aromatic carbocycles. The van der Waals surface area contributed by atoms with Crippen molar-refractivity contribution in [2.24, 2.45) is 0 Å². The van der Waals surface area contributed by atoms with E-state index in [2.05, 4.69) is 9.97 Å². The molecule has 4 nitrogen and oxygen atoms in total. The van der Waals surface area contributed by atoms with Gasteiger partial charge in [0.15, 0.2) is 5.95 Å². The van der Waals surface area contributed by atoms with Gasteiger partial charge >= 0.3 is 0 Å². The molecular weight excluding hydrogens is 190 g/mol. The van der Waals surface area contributed by atoms with Crippen molar-refractivity contribution < 1.29 is 4.79 Å². The highest BCUT2D eigenvalue weighted by Crippen LogP contribution is 2.12. The third kappa shape index (κ3) is 1.74. The van der Waals surface area contributed by atoms with E-state index in [0.29, 0.717) is 17.0 Å². The lowest BCUT2D eigenvalue weighted by Crippen LogP contribution is -2.03. The second-order valence-corrected chi connectivity index (χ2v) is 3.29. The average Bonchev–Trinajstić information content (AvgIpc) is 2.58. The zero-order valence-corrected chi connectivity index (χ0v) is 8.32. The lowest BCUT2D eigenvalue weighted by molar-refractivity contribution is 0.103. The lowest BCUT2D eigenvalue weighted by atomic mass is 10.1. The minimum absolute atomic E-state index is 0.110. The summed E-state index contributed by atoms with van der Waals surface area (Å²) in [7, 11) is 0. The van der Waals surface area contributed by atoms with Gasteiger partial charge in [-0.15, -0.1) is 0 Å². The molecular formula is C11H11N3O. The highest BCUT2D eigenvalue weighted by Gasteiger charge is 2.15. The van der Waals surface area contributed by atoms with Crippen molar-refractivity contribution in [3.8, 4) is 0 Å². The minimum Gasteiger partial charge on any atom is -0.369 e. The molecule has 0 radical (unpaired) electrons. The van der Waals surface area contributed by atoms with E-state index >= 15 is 0 Å². The van der Waals surface area contributed by atoms with Crippen LogP contribution in [0.4, 0.5) is 5.95 Å². The van der Waals surface area contributed by atoms with Crippen molar-refractivity contribution in [2.45, 2.75) is 6.92 Å². The number of nitrogens with zero attached hydrogens (tertiary/aromatic N) is 1. The first-order valence-corrected chi connectivity index (χ1v) is 4.60. The molecule has 0 amide bonds. The van der Waals surface area contributed by atoms with E-state index in [1.807, 2.05) is 18.2 Å². The van der Waals surface area contributed by atoms with Crippen molar-refractivity contribution in [1.29, 1.82) is 0 Å². The fourth-order valence-corrected chi connectivity index (χ4v) is 1.43. The summed E-state index contributed by atoms with van der Waals surface area (Å²) in [6, 6.07) is 9.01. The van der Waals surface area contributed by atoms with E-state index in [1.165, 1.54) is 0 Å². The molecule has 2 aromatic rings. The molecule has 2 rings (SSSR count). The number of aromatic nitrogens is 2. The summed E-state index contributed by atoms with van der Waals surface area (Å²) >= 11 is 0. The third-order valence-electron chi connectivity index (χ3n) is 2.15. The number of nitrogens with one attached hydrogen (secondary N) is 1. The number of rotatable bonds is 2.